The first-order valence-electron chi connectivity index (χ1n) is 7.35. The van der Waals surface area contributed by atoms with Crippen molar-refractivity contribution in [2.45, 2.75) is 6.92 Å². The molecular formula is C17H15N3O2S2. The van der Waals surface area contributed by atoms with Crippen molar-refractivity contribution in [3.8, 4) is 10.6 Å². The minimum absolute atomic E-state index is 0.165. The van der Waals surface area contributed by atoms with Gasteiger partial charge in [0.05, 0.1) is 0 Å². The van der Waals surface area contributed by atoms with Gasteiger partial charge in [-0.1, -0.05) is 6.07 Å². The predicted octanol–water partition coefficient (Wildman–Crippen LogP) is 3.87. The molecule has 3 rings (SSSR count). The zero-order valence-corrected chi connectivity index (χ0v) is 14.5. The van der Waals surface area contributed by atoms with Crippen LogP contribution >= 0.6 is 22.7 Å². The first-order chi connectivity index (χ1) is 11.7. The van der Waals surface area contributed by atoms with Crippen LogP contribution in [0.3, 0.4) is 0 Å². The van der Waals surface area contributed by atoms with Gasteiger partial charge in [0, 0.05) is 34.1 Å². The molecule has 0 atom stereocenters. The van der Waals surface area contributed by atoms with Crippen LogP contribution in [-0.4, -0.2) is 23.3 Å². The molecule has 0 unspecified atom stereocenters. The number of nitrogens with zero attached hydrogens (tertiary/aromatic N) is 1. The molecule has 5 nitrogen and oxygen atoms in total. The van der Waals surface area contributed by atoms with Crippen LogP contribution in [0.2, 0.25) is 0 Å². The van der Waals surface area contributed by atoms with Crippen molar-refractivity contribution in [3.63, 3.8) is 0 Å². The summed E-state index contributed by atoms with van der Waals surface area (Å²) >= 11 is 3.02. The molecule has 0 saturated heterocycles. The van der Waals surface area contributed by atoms with Crippen molar-refractivity contribution in [2.24, 2.45) is 0 Å². The molecule has 7 heteroatoms. The highest BCUT2D eigenvalue weighted by molar-refractivity contribution is 7.14. The SMILES string of the molecule is CCNC(=O)c1cccc(NC(=O)c2csc(-c3ccsc3)n2)c1. The number of hydrogen-bond donors (Lipinski definition) is 2. The first-order valence-corrected chi connectivity index (χ1v) is 9.17. The van der Waals surface area contributed by atoms with Crippen LogP contribution in [0.4, 0.5) is 5.69 Å². The monoisotopic (exact) mass is 357 g/mol. The molecule has 0 radical (unpaired) electrons. The molecule has 0 aliphatic carbocycles. The Labute approximate surface area is 147 Å². The molecule has 2 heterocycles. The van der Waals surface area contributed by atoms with Crippen molar-refractivity contribution in [3.05, 3.63) is 57.7 Å². The summed E-state index contributed by atoms with van der Waals surface area (Å²) in [6.45, 7) is 2.41. The molecule has 0 aliphatic rings. The summed E-state index contributed by atoms with van der Waals surface area (Å²) in [6.07, 6.45) is 0. The van der Waals surface area contributed by atoms with E-state index in [2.05, 4.69) is 15.6 Å². The Morgan fingerprint density at radius 2 is 2.04 bits per heavy atom. The van der Waals surface area contributed by atoms with Crippen molar-refractivity contribution >= 4 is 40.2 Å². The summed E-state index contributed by atoms with van der Waals surface area (Å²) in [6, 6.07) is 8.80. The molecular weight excluding hydrogens is 342 g/mol. The molecule has 24 heavy (non-hydrogen) atoms. The smallest absolute Gasteiger partial charge is 0.275 e. The summed E-state index contributed by atoms with van der Waals surface area (Å²) in [4.78, 5) is 28.6. The average Bonchev–Trinajstić information content (AvgIpc) is 3.26. The number of benzene rings is 1. The highest BCUT2D eigenvalue weighted by atomic mass is 32.1. The van der Waals surface area contributed by atoms with E-state index in [1.54, 1.807) is 41.0 Å². The second-order valence-electron chi connectivity index (χ2n) is 4.94. The second-order valence-corrected chi connectivity index (χ2v) is 6.58. The molecule has 2 aromatic heterocycles. The summed E-state index contributed by atoms with van der Waals surface area (Å²) in [5.41, 5.74) is 2.45. The number of aromatic nitrogens is 1. The van der Waals surface area contributed by atoms with Crippen molar-refractivity contribution < 1.29 is 9.59 Å². The highest BCUT2D eigenvalue weighted by Gasteiger charge is 2.13. The fourth-order valence-corrected chi connectivity index (χ4v) is 3.60. The van der Waals surface area contributed by atoms with Gasteiger partial charge in [-0.25, -0.2) is 4.98 Å². The summed E-state index contributed by atoms with van der Waals surface area (Å²) in [5.74, 6) is -0.456. The Hall–Kier alpha value is -2.51. The lowest BCUT2D eigenvalue weighted by molar-refractivity contribution is 0.0954. The molecule has 122 valence electrons. The molecule has 0 saturated carbocycles. The van der Waals surface area contributed by atoms with E-state index in [0.717, 1.165) is 10.6 Å². The van der Waals surface area contributed by atoms with Crippen LogP contribution in [0.15, 0.2) is 46.5 Å². The van der Waals surface area contributed by atoms with Crippen LogP contribution in [-0.2, 0) is 0 Å². The lowest BCUT2D eigenvalue weighted by Crippen LogP contribution is -2.22. The molecule has 0 spiro atoms. The normalized spacial score (nSPS) is 10.4. The number of nitrogens with one attached hydrogen (secondary N) is 2. The number of anilines is 1. The zero-order chi connectivity index (χ0) is 16.9. The Balaban J connectivity index is 1.73. The van der Waals surface area contributed by atoms with E-state index >= 15 is 0 Å². The van der Waals surface area contributed by atoms with E-state index in [1.165, 1.54) is 11.3 Å². The Morgan fingerprint density at radius 1 is 1.17 bits per heavy atom. The third kappa shape index (κ3) is 3.69. The van der Waals surface area contributed by atoms with Gasteiger partial charge in [0.15, 0.2) is 0 Å². The van der Waals surface area contributed by atoms with E-state index in [1.807, 2.05) is 23.8 Å². The Kier molecular flexibility index (Phi) is 5.02. The standard InChI is InChI=1S/C17H15N3O2S2/c1-2-18-15(21)11-4-3-5-13(8-11)19-16(22)14-10-24-17(20-14)12-6-7-23-9-12/h3-10H,2H2,1H3,(H,18,21)(H,19,22). The van der Waals surface area contributed by atoms with Gasteiger partial charge >= 0.3 is 0 Å². The minimum Gasteiger partial charge on any atom is -0.352 e. The van der Waals surface area contributed by atoms with Crippen LogP contribution in [0, 0.1) is 0 Å². The number of carbonyl (C=O) groups excluding carboxylic acids is 2. The van der Waals surface area contributed by atoms with E-state index in [4.69, 9.17) is 0 Å². The van der Waals surface area contributed by atoms with Gasteiger partial charge in [-0.2, -0.15) is 11.3 Å². The van der Waals surface area contributed by atoms with Crippen molar-refractivity contribution in [1.29, 1.82) is 0 Å². The van der Waals surface area contributed by atoms with Crippen LogP contribution < -0.4 is 10.6 Å². The Morgan fingerprint density at radius 3 is 2.79 bits per heavy atom. The number of thiazole rings is 1. The summed E-state index contributed by atoms with van der Waals surface area (Å²) in [5, 5.41) is 12.0. The summed E-state index contributed by atoms with van der Waals surface area (Å²) in [7, 11) is 0. The fourth-order valence-electron chi connectivity index (χ4n) is 2.09. The summed E-state index contributed by atoms with van der Waals surface area (Å²) < 4.78 is 0. The third-order valence-corrected chi connectivity index (χ3v) is 4.80. The van der Waals surface area contributed by atoms with Gasteiger partial charge in [0.2, 0.25) is 0 Å². The molecule has 3 aromatic rings. The maximum Gasteiger partial charge on any atom is 0.275 e. The van der Waals surface area contributed by atoms with Gasteiger partial charge < -0.3 is 10.6 Å². The molecule has 2 amide bonds. The van der Waals surface area contributed by atoms with E-state index in [0.29, 0.717) is 23.5 Å². The molecule has 2 N–H and O–H groups in total. The molecule has 1 aromatic carbocycles. The minimum atomic E-state index is -0.291. The van der Waals surface area contributed by atoms with Crippen molar-refractivity contribution in [2.75, 3.05) is 11.9 Å². The van der Waals surface area contributed by atoms with Gasteiger partial charge in [0.1, 0.15) is 10.7 Å². The predicted molar refractivity (Wildman–Crippen MR) is 97.8 cm³/mol. The van der Waals surface area contributed by atoms with Crippen LogP contribution in [0.5, 0.6) is 0 Å². The number of amides is 2. The maximum absolute atomic E-state index is 12.3. The van der Waals surface area contributed by atoms with Gasteiger partial charge in [-0.3, -0.25) is 9.59 Å². The Bertz CT molecular complexity index is 856. The second kappa shape index (κ2) is 7.37. The van der Waals surface area contributed by atoms with Gasteiger partial charge in [-0.15, -0.1) is 11.3 Å². The quantitative estimate of drug-likeness (QED) is 0.728. The topological polar surface area (TPSA) is 71.1 Å². The number of thiophene rings is 1. The fraction of sp³-hybridized carbons (Fsp3) is 0.118. The number of carbonyl (C=O) groups is 2. The highest BCUT2D eigenvalue weighted by Crippen LogP contribution is 2.26. The molecule has 0 fully saturated rings. The van der Waals surface area contributed by atoms with E-state index < -0.39 is 0 Å². The van der Waals surface area contributed by atoms with E-state index in [-0.39, 0.29) is 11.8 Å². The average molecular weight is 357 g/mol. The maximum atomic E-state index is 12.3. The zero-order valence-electron chi connectivity index (χ0n) is 12.9. The van der Waals surface area contributed by atoms with Crippen molar-refractivity contribution in [1.82, 2.24) is 10.3 Å². The van der Waals surface area contributed by atoms with E-state index in [9.17, 15) is 9.59 Å². The van der Waals surface area contributed by atoms with Crippen LogP contribution in [0.25, 0.3) is 10.6 Å². The first kappa shape index (κ1) is 16.4. The molecule has 0 aliphatic heterocycles. The lowest BCUT2D eigenvalue weighted by atomic mass is 10.2. The largest absolute Gasteiger partial charge is 0.352 e. The third-order valence-electron chi connectivity index (χ3n) is 3.22. The number of hydrogen-bond acceptors (Lipinski definition) is 5. The molecule has 0 bridgehead atoms. The lowest BCUT2D eigenvalue weighted by Gasteiger charge is -2.06. The number of rotatable bonds is 5. The van der Waals surface area contributed by atoms with Gasteiger partial charge in [-0.05, 0) is 36.6 Å². The van der Waals surface area contributed by atoms with Crippen LogP contribution in [0.1, 0.15) is 27.8 Å². The van der Waals surface area contributed by atoms with Gasteiger partial charge in [0.25, 0.3) is 11.8 Å².